The summed E-state index contributed by atoms with van der Waals surface area (Å²) in [5.74, 6) is 0.878. The highest BCUT2D eigenvalue weighted by molar-refractivity contribution is 6.29. The lowest BCUT2D eigenvalue weighted by Gasteiger charge is -2.40. The first-order valence-electron chi connectivity index (χ1n) is 5.41. The summed E-state index contributed by atoms with van der Waals surface area (Å²) < 4.78 is 5.54. The standard InChI is InChI=1S/C11H16ClN3O/c1-11(16-2)4-3-5-15(7-11)10-6-9(12)13-8-14-10/h6,8H,3-5,7H2,1-2H3. The molecule has 16 heavy (non-hydrogen) atoms. The van der Waals surface area contributed by atoms with Crippen LogP contribution in [-0.4, -0.2) is 35.8 Å². The molecule has 88 valence electrons. The van der Waals surface area contributed by atoms with Crippen molar-refractivity contribution in [3.8, 4) is 0 Å². The molecular formula is C11H16ClN3O. The number of anilines is 1. The Bertz CT molecular complexity index is 374. The smallest absolute Gasteiger partial charge is 0.134 e. The molecule has 1 atom stereocenters. The highest BCUT2D eigenvalue weighted by Crippen LogP contribution is 2.27. The van der Waals surface area contributed by atoms with Crippen molar-refractivity contribution in [1.29, 1.82) is 0 Å². The van der Waals surface area contributed by atoms with Crippen LogP contribution in [0.4, 0.5) is 5.82 Å². The maximum Gasteiger partial charge on any atom is 0.134 e. The number of piperidine rings is 1. The van der Waals surface area contributed by atoms with Gasteiger partial charge in [0, 0.05) is 26.3 Å². The topological polar surface area (TPSA) is 38.2 Å². The molecule has 0 amide bonds. The van der Waals surface area contributed by atoms with E-state index in [0.29, 0.717) is 5.15 Å². The van der Waals surface area contributed by atoms with Gasteiger partial charge in [-0.3, -0.25) is 0 Å². The Morgan fingerprint density at radius 3 is 3.00 bits per heavy atom. The van der Waals surface area contributed by atoms with E-state index in [-0.39, 0.29) is 5.60 Å². The van der Waals surface area contributed by atoms with Crippen molar-refractivity contribution in [3.63, 3.8) is 0 Å². The third-order valence-corrected chi connectivity index (χ3v) is 3.30. The minimum Gasteiger partial charge on any atom is -0.377 e. The fourth-order valence-corrected chi connectivity index (χ4v) is 2.21. The van der Waals surface area contributed by atoms with Crippen LogP contribution < -0.4 is 4.90 Å². The molecule has 4 nitrogen and oxygen atoms in total. The van der Waals surface area contributed by atoms with Gasteiger partial charge in [-0.05, 0) is 19.8 Å². The number of nitrogens with zero attached hydrogens (tertiary/aromatic N) is 3. The molecule has 2 heterocycles. The Labute approximate surface area is 101 Å². The van der Waals surface area contributed by atoms with E-state index in [9.17, 15) is 0 Å². The maximum atomic E-state index is 5.86. The Hall–Kier alpha value is -0.870. The number of hydrogen-bond acceptors (Lipinski definition) is 4. The molecule has 0 spiro atoms. The van der Waals surface area contributed by atoms with E-state index in [2.05, 4.69) is 21.8 Å². The monoisotopic (exact) mass is 241 g/mol. The van der Waals surface area contributed by atoms with Gasteiger partial charge < -0.3 is 9.64 Å². The van der Waals surface area contributed by atoms with E-state index < -0.39 is 0 Å². The number of methoxy groups -OCH3 is 1. The summed E-state index contributed by atoms with van der Waals surface area (Å²) >= 11 is 5.86. The Balaban J connectivity index is 2.16. The summed E-state index contributed by atoms with van der Waals surface area (Å²) in [5, 5.41) is 0.481. The average Bonchev–Trinajstić information content (AvgIpc) is 2.29. The molecule has 5 heteroatoms. The molecule has 1 aliphatic heterocycles. The first-order valence-corrected chi connectivity index (χ1v) is 5.78. The molecule has 1 aromatic heterocycles. The van der Waals surface area contributed by atoms with Crippen LogP contribution in [0, 0.1) is 0 Å². The van der Waals surface area contributed by atoms with Crippen molar-refractivity contribution < 1.29 is 4.74 Å². The quantitative estimate of drug-likeness (QED) is 0.744. The summed E-state index contributed by atoms with van der Waals surface area (Å²) in [6.07, 6.45) is 3.68. The van der Waals surface area contributed by atoms with E-state index in [1.54, 1.807) is 13.2 Å². The van der Waals surface area contributed by atoms with Crippen LogP contribution in [0.5, 0.6) is 0 Å². The summed E-state index contributed by atoms with van der Waals surface area (Å²) in [6.45, 7) is 3.96. The van der Waals surface area contributed by atoms with Gasteiger partial charge in [0.05, 0.1) is 5.60 Å². The molecule has 1 unspecified atom stereocenters. The number of ether oxygens (including phenoxy) is 1. The van der Waals surface area contributed by atoms with Crippen LogP contribution >= 0.6 is 11.6 Å². The molecule has 0 radical (unpaired) electrons. The Kier molecular flexibility index (Phi) is 3.30. The summed E-state index contributed by atoms with van der Waals surface area (Å²) in [5.41, 5.74) is -0.0876. The van der Waals surface area contributed by atoms with Crippen molar-refractivity contribution in [2.45, 2.75) is 25.4 Å². The van der Waals surface area contributed by atoms with Crippen molar-refractivity contribution >= 4 is 17.4 Å². The summed E-state index contributed by atoms with van der Waals surface area (Å²) in [7, 11) is 1.76. The van der Waals surface area contributed by atoms with Gasteiger partial charge in [0.2, 0.25) is 0 Å². The van der Waals surface area contributed by atoms with Gasteiger partial charge in [0.1, 0.15) is 17.3 Å². The highest BCUT2D eigenvalue weighted by atomic mass is 35.5. The van der Waals surface area contributed by atoms with E-state index >= 15 is 0 Å². The van der Waals surface area contributed by atoms with Crippen LogP contribution in [0.25, 0.3) is 0 Å². The first-order chi connectivity index (χ1) is 7.63. The van der Waals surface area contributed by atoms with E-state index in [1.807, 2.05) is 0 Å². The van der Waals surface area contributed by atoms with Crippen molar-refractivity contribution in [1.82, 2.24) is 9.97 Å². The van der Waals surface area contributed by atoms with Gasteiger partial charge in [-0.2, -0.15) is 0 Å². The Morgan fingerprint density at radius 1 is 1.50 bits per heavy atom. The predicted molar refractivity (Wildman–Crippen MR) is 63.9 cm³/mol. The maximum absolute atomic E-state index is 5.86. The fourth-order valence-electron chi connectivity index (χ4n) is 2.07. The molecule has 0 bridgehead atoms. The molecule has 1 saturated heterocycles. The highest BCUT2D eigenvalue weighted by Gasteiger charge is 2.31. The molecule has 0 aromatic carbocycles. The molecule has 1 fully saturated rings. The average molecular weight is 242 g/mol. The summed E-state index contributed by atoms with van der Waals surface area (Å²) in [4.78, 5) is 10.3. The second-order valence-electron chi connectivity index (χ2n) is 4.38. The minimum absolute atomic E-state index is 0.0876. The second kappa shape index (κ2) is 4.55. The minimum atomic E-state index is -0.0876. The number of halogens is 1. The van der Waals surface area contributed by atoms with Gasteiger partial charge in [-0.25, -0.2) is 9.97 Å². The lowest BCUT2D eigenvalue weighted by molar-refractivity contribution is -0.00481. The Morgan fingerprint density at radius 2 is 2.31 bits per heavy atom. The molecule has 0 N–H and O–H groups in total. The van der Waals surface area contributed by atoms with Crippen molar-refractivity contribution in [2.75, 3.05) is 25.1 Å². The van der Waals surface area contributed by atoms with Gasteiger partial charge in [-0.1, -0.05) is 11.6 Å². The van der Waals surface area contributed by atoms with Crippen molar-refractivity contribution in [3.05, 3.63) is 17.5 Å². The van der Waals surface area contributed by atoms with Crippen molar-refractivity contribution in [2.24, 2.45) is 0 Å². The predicted octanol–water partition coefficient (Wildman–Crippen LogP) is 2.14. The summed E-state index contributed by atoms with van der Waals surface area (Å²) in [6, 6.07) is 1.79. The van der Waals surface area contributed by atoms with Crippen LogP contribution in [-0.2, 0) is 4.74 Å². The normalized spacial score (nSPS) is 25.8. The number of hydrogen-bond donors (Lipinski definition) is 0. The molecule has 1 aliphatic rings. The largest absolute Gasteiger partial charge is 0.377 e. The SMILES string of the molecule is COC1(C)CCCN(c2cc(Cl)ncn2)C1. The third kappa shape index (κ3) is 2.44. The zero-order valence-electron chi connectivity index (χ0n) is 9.61. The molecule has 0 saturated carbocycles. The van der Waals surface area contributed by atoms with Gasteiger partial charge >= 0.3 is 0 Å². The van der Waals surface area contributed by atoms with Crippen LogP contribution in [0.2, 0.25) is 5.15 Å². The molecule has 1 aromatic rings. The lowest BCUT2D eigenvalue weighted by Crippen LogP contribution is -2.47. The zero-order valence-corrected chi connectivity index (χ0v) is 10.4. The van der Waals surface area contributed by atoms with Crippen LogP contribution in [0.3, 0.4) is 0 Å². The van der Waals surface area contributed by atoms with Gasteiger partial charge in [0.25, 0.3) is 0 Å². The van der Waals surface area contributed by atoms with Crippen LogP contribution in [0.15, 0.2) is 12.4 Å². The van der Waals surface area contributed by atoms with Crippen LogP contribution in [0.1, 0.15) is 19.8 Å². The van der Waals surface area contributed by atoms with E-state index in [0.717, 1.165) is 31.7 Å². The number of aromatic nitrogens is 2. The zero-order chi connectivity index (χ0) is 11.6. The van der Waals surface area contributed by atoms with Gasteiger partial charge in [0.15, 0.2) is 0 Å². The third-order valence-electron chi connectivity index (χ3n) is 3.10. The second-order valence-corrected chi connectivity index (χ2v) is 4.77. The first kappa shape index (κ1) is 11.6. The fraction of sp³-hybridized carbons (Fsp3) is 0.636. The number of rotatable bonds is 2. The van der Waals surface area contributed by atoms with E-state index in [1.165, 1.54) is 6.33 Å². The lowest BCUT2D eigenvalue weighted by atomic mass is 9.95. The molecule has 0 aliphatic carbocycles. The van der Waals surface area contributed by atoms with Gasteiger partial charge in [-0.15, -0.1) is 0 Å². The molecular weight excluding hydrogens is 226 g/mol. The van der Waals surface area contributed by atoms with E-state index in [4.69, 9.17) is 16.3 Å². The molecule has 2 rings (SSSR count).